The number of para-hydroxylation sites is 1. The quantitative estimate of drug-likeness (QED) is 0.856. The lowest BCUT2D eigenvalue weighted by atomic mass is 10.1. The summed E-state index contributed by atoms with van der Waals surface area (Å²) in [6.45, 7) is 4.39. The summed E-state index contributed by atoms with van der Waals surface area (Å²) in [6, 6.07) is 7.79. The number of hydrogen-bond acceptors (Lipinski definition) is 2. The van der Waals surface area contributed by atoms with E-state index in [0.717, 1.165) is 16.5 Å². The van der Waals surface area contributed by atoms with Crippen molar-refractivity contribution in [3.63, 3.8) is 0 Å². The molecule has 2 rings (SSSR count). The minimum atomic E-state index is -0.851. The third kappa shape index (κ3) is 3.84. The SMILES string of the molecule is CC(C)NC(=O)CCn1cc(CC(=O)O)c2ccccc21. The summed E-state index contributed by atoms with van der Waals surface area (Å²) in [5.74, 6) is -0.849. The minimum Gasteiger partial charge on any atom is -0.481 e. The molecule has 0 bridgehead atoms. The number of hydrogen-bond donors (Lipinski definition) is 2. The maximum absolute atomic E-state index is 11.7. The third-order valence-electron chi connectivity index (χ3n) is 3.24. The average molecular weight is 288 g/mol. The van der Waals surface area contributed by atoms with Crippen molar-refractivity contribution in [2.24, 2.45) is 0 Å². The van der Waals surface area contributed by atoms with Crippen molar-refractivity contribution in [2.45, 2.75) is 39.3 Å². The summed E-state index contributed by atoms with van der Waals surface area (Å²) >= 11 is 0. The van der Waals surface area contributed by atoms with Crippen molar-refractivity contribution in [2.75, 3.05) is 0 Å². The predicted octanol–water partition coefficient (Wildman–Crippen LogP) is 2.18. The van der Waals surface area contributed by atoms with E-state index in [1.807, 2.05) is 48.9 Å². The molecule has 0 spiro atoms. The number of carbonyl (C=O) groups excluding carboxylic acids is 1. The largest absolute Gasteiger partial charge is 0.481 e. The highest BCUT2D eigenvalue weighted by Gasteiger charge is 2.12. The number of carbonyl (C=O) groups is 2. The second-order valence-electron chi connectivity index (χ2n) is 5.41. The van der Waals surface area contributed by atoms with Gasteiger partial charge in [0.25, 0.3) is 0 Å². The van der Waals surface area contributed by atoms with E-state index in [9.17, 15) is 9.59 Å². The monoisotopic (exact) mass is 288 g/mol. The molecule has 0 aliphatic heterocycles. The molecule has 1 amide bonds. The molecule has 0 atom stereocenters. The van der Waals surface area contributed by atoms with Crippen LogP contribution in [0.5, 0.6) is 0 Å². The predicted molar refractivity (Wildman–Crippen MR) is 81.2 cm³/mol. The van der Waals surface area contributed by atoms with E-state index in [0.29, 0.717) is 13.0 Å². The second kappa shape index (κ2) is 6.43. The van der Waals surface area contributed by atoms with Crippen LogP contribution in [0.15, 0.2) is 30.5 Å². The van der Waals surface area contributed by atoms with E-state index in [2.05, 4.69) is 5.32 Å². The number of amides is 1. The van der Waals surface area contributed by atoms with Crippen molar-refractivity contribution in [3.05, 3.63) is 36.0 Å². The highest BCUT2D eigenvalue weighted by molar-refractivity contribution is 5.87. The first-order valence-electron chi connectivity index (χ1n) is 7.05. The number of benzene rings is 1. The zero-order valence-corrected chi connectivity index (χ0v) is 12.3. The van der Waals surface area contributed by atoms with E-state index in [4.69, 9.17) is 5.11 Å². The number of rotatable bonds is 6. The zero-order valence-electron chi connectivity index (χ0n) is 12.3. The summed E-state index contributed by atoms with van der Waals surface area (Å²) in [4.78, 5) is 22.7. The number of aryl methyl sites for hydroxylation is 1. The Labute approximate surface area is 123 Å². The van der Waals surface area contributed by atoms with Crippen LogP contribution in [-0.4, -0.2) is 27.6 Å². The van der Waals surface area contributed by atoms with Gasteiger partial charge in [0.1, 0.15) is 0 Å². The van der Waals surface area contributed by atoms with Crippen LogP contribution in [0.25, 0.3) is 10.9 Å². The standard InChI is InChI=1S/C16H20N2O3/c1-11(2)17-15(19)7-8-18-10-12(9-16(20)21)13-5-3-4-6-14(13)18/h3-6,10-11H,7-9H2,1-2H3,(H,17,19)(H,20,21). The average Bonchev–Trinajstić information content (AvgIpc) is 2.74. The molecule has 0 unspecified atom stereocenters. The van der Waals surface area contributed by atoms with Crippen LogP contribution in [0.4, 0.5) is 0 Å². The number of carboxylic acids is 1. The number of aromatic nitrogens is 1. The fourth-order valence-electron chi connectivity index (χ4n) is 2.43. The van der Waals surface area contributed by atoms with Gasteiger partial charge in [0, 0.05) is 36.1 Å². The van der Waals surface area contributed by atoms with E-state index in [1.165, 1.54) is 0 Å². The molecule has 2 aromatic rings. The van der Waals surface area contributed by atoms with Gasteiger partial charge in [-0.1, -0.05) is 18.2 Å². The maximum atomic E-state index is 11.7. The fourth-order valence-corrected chi connectivity index (χ4v) is 2.43. The van der Waals surface area contributed by atoms with Gasteiger partial charge in [0.05, 0.1) is 6.42 Å². The Morgan fingerprint density at radius 1 is 1.29 bits per heavy atom. The van der Waals surface area contributed by atoms with Gasteiger partial charge in [-0.25, -0.2) is 0 Å². The smallest absolute Gasteiger partial charge is 0.307 e. The third-order valence-corrected chi connectivity index (χ3v) is 3.24. The molecule has 5 nitrogen and oxygen atoms in total. The van der Waals surface area contributed by atoms with E-state index >= 15 is 0 Å². The lowest BCUT2D eigenvalue weighted by molar-refractivity contribution is -0.136. The summed E-state index contributed by atoms with van der Waals surface area (Å²) in [5, 5.41) is 12.8. The van der Waals surface area contributed by atoms with Crippen LogP contribution in [0, 0.1) is 0 Å². The Kier molecular flexibility index (Phi) is 4.62. The molecular weight excluding hydrogens is 268 g/mol. The van der Waals surface area contributed by atoms with E-state index in [-0.39, 0.29) is 18.4 Å². The Balaban J connectivity index is 2.19. The van der Waals surface area contributed by atoms with Gasteiger partial charge >= 0.3 is 5.97 Å². The van der Waals surface area contributed by atoms with Crippen molar-refractivity contribution >= 4 is 22.8 Å². The number of nitrogens with zero attached hydrogens (tertiary/aromatic N) is 1. The Bertz CT molecular complexity index is 659. The first-order chi connectivity index (χ1) is 9.97. The molecule has 0 radical (unpaired) electrons. The zero-order chi connectivity index (χ0) is 15.4. The fraction of sp³-hybridized carbons (Fsp3) is 0.375. The Hall–Kier alpha value is -2.30. The Morgan fingerprint density at radius 2 is 2.00 bits per heavy atom. The molecule has 1 aromatic carbocycles. The summed E-state index contributed by atoms with van der Waals surface area (Å²) < 4.78 is 1.95. The summed E-state index contributed by atoms with van der Waals surface area (Å²) in [5.41, 5.74) is 1.74. The maximum Gasteiger partial charge on any atom is 0.307 e. The van der Waals surface area contributed by atoms with Crippen LogP contribution >= 0.6 is 0 Å². The molecule has 21 heavy (non-hydrogen) atoms. The van der Waals surface area contributed by atoms with Crippen molar-refractivity contribution < 1.29 is 14.7 Å². The minimum absolute atomic E-state index is 0.00238. The van der Waals surface area contributed by atoms with Gasteiger partial charge in [0.2, 0.25) is 5.91 Å². The van der Waals surface area contributed by atoms with Gasteiger partial charge in [-0.2, -0.15) is 0 Å². The van der Waals surface area contributed by atoms with Gasteiger partial charge in [-0.3, -0.25) is 9.59 Å². The van der Waals surface area contributed by atoms with Gasteiger partial charge in [-0.15, -0.1) is 0 Å². The molecular formula is C16H20N2O3. The Morgan fingerprint density at radius 3 is 2.67 bits per heavy atom. The summed E-state index contributed by atoms with van der Waals surface area (Å²) in [6.07, 6.45) is 2.20. The first kappa shape index (κ1) is 15.1. The van der Waals surface area contributed by atoms with Gasteiger partial charge < -0.3 is 15.0 Å². The van der Waals surface area contributed by atoms with Crippen LogP contribution < -0.4 is 5.32 Å². The molecule has 0 aliphatic rings. The number of nitrogens with one attached hydrogen (secondary N) is 1. The molecule has 2 N–H and O–H groups in total. The van der Waals surface area contributed by atoms with Crippen LogP contribution in [-0.2, 0) is 22.6 Å². The van der Waals surface area contributed by atoms with Crippen molar-refractivity contribution in [1.29, 1.82) is 0 Å². The molecule has 112 valence electrons. The molecule has 5 heteroatoms. The highest BCUT2D eigenvalue weighted by atomic mass is 16.4. The summed E-state index contributed by atoms with van der Waals surface area (Å²) in [7, 11) is 0. The van der Waals surface area contributed by atoms with Crippen LogP contribution in [0.2, 0.25) is 0 Å². The normalized spacial score (nSPS) is 11.0. The first-order valence-corrected chi connectivity index (χ1v) is 7.05. The van der Waals surface area contributed by atoms with E-state index in [1.54, 1.807) is 0 Å². The number of aliphatic carboxylic acids is 1. The van der Waals surface area contributed by atoms with Crippen molar-refractivity contribution in [1.82, 2.24) is 9.88 Å². The highest BCUT2D eigenvalue weighted by Crippen LogP contribution is 2.22. The van der Waals surface area contributed by atoms with Crippen LogP contribution in [0.3, 0.4) is 0 Å². The number of carboxylic acid groups (broad SMARTS) is 1. The molecule has 0 saturated heterocycles. The molecule has 1 heterocycles. The second-order valence-corrected chi connectivity index (χ2v) is 5.41. The number of fused-ring (bicyclic) bond motifs is 1. The lowest BCUT2D eigenvalue weighted by Crippen LogP contribution is -2.30. The lowest BCUT2D eigenvalue weighted by Gasteiger charge is -2.09. The molecule has 0 saturated carbocycles. The van der Waals surface area contributed by atoms with Crippen molar-refractivity contribution in [3.8, 4) is 0 Å². The van der Waals surface area contributed by atoms with E-state index < -0.39 is 5.97 Å². The molecule has 1 aromatic heterocycles. The molecule has 0 fully saturated rings. The van der Waals surface area contributed by atoms with Gasteiger partial charge in [0.15, 0.2) is 0 Å². The van der Waals surface area contributed by atoms with Crippen LogP contribution in [0.1, 0.15) is 25.8 Å². The van der Waals surface area contributed by atoms with Gasteiger partial charge in [-0.05, 0) is 25.5 Å². The molecule has 0 aliphatic carbocycles. The topological polar surface area (TPSA) is 71.3 Å².